The van der Waals surface area contributed by atoms with Crippen LogP contribution in [0.25, 0.3) is 0 Å². The van der Waals surface area contributed by atoms with Crippen molar-refractivity contribution >= 4 is 11.5 Å². The van der Waals surface area contributed by atoms with Gasteiger partial charge in [0.05, 0.1) is 10.5 Å². The van der Waals surface area contributed by atoms with Gasteiger partial charge in [0.2, 0.25) is 5.75 Å². The maximum Gasteiger partial charge on any atom is 0.269 e. The number of phenolic OH excluding ortho intramolecular Hbond substituents is 3. The maximum absolute atomic E-state index is 12.1. The molecule has 0 bridgehead atoms. The minimum Gasteiger partial charge on any atom is -0.504 e. The molecule has 0 unspecified atom stereocenters. The number of benzene rings is 2. The molecular formula is C13H9NO6. The van der Waals surface area contributed by atoms with Crippen molar-refractivity contribution in [3.63, 3.8) is 0 Å². The summed E-state index contributed by atoms with van der Waals surface area (Å²) in [4.78, 5) is 22.0. The first-order chi connectivity index (χ1) is 9.41. The first-order valence-corrected chi connectivity index (χ1v) is 5.45. The topological polar surface area (TPSA) is 121 Å². The Kier molecular flexibility index (Phi) is 3.26. The molecule has 20 heavy (non-hydrogen) atoms. The van der Waals surface area contributed by atoms with Crippen molar-refractivity contribution in [2.24, 2.45) is 0 Å². The number of hydrogen-bond acceptors (Lipinski definition) is 6. The Hall–Kier alpha value is -3.09. The molecule has 0 amide bonds. The fourth-order valence-corrected chi connectivity index (χ4v) is 1.64. The van der Waals surface area contributed by atoms with Gasteiger partial charge < -0.3 is 15.3 Å². The van der Waals surface area contributed by atoms with Crippen LogP contribution in [0.3, 0.4) is 0 Å². The molecule has 7 heteroatoms. The molecule has 2 rings (SSSR count). The number of ketones is 1. The van der Waals surface area contributed by atoms with E-state index in [2.05, 4.69) is 0 Å². The van der Waals surface area contributed by atoms with Gasteiger partial charge in [-0.05, 0) is 24.3 Å². The van der Waals surface area contributed by atoms with Crippen LogP contribution in [0, 0.1) is 10.1 Å². The number of hydrogen-bond donors (Lipinski definition) is 3. The highest BCUT2D eigenvalue weighted by Crippen LogP contribution is 2.37. The van der Waals surface area contributed by atoms with Crippen LogP contribution in [0.5, 0.6) is 17.2 Å². The molecular weight excluding hydrogens is 266 g/mol. The van der Waals surface area contributed by atoms with E-state index in [9.17, 15) is 30.2 Å². The zero-order chi connectivity index (χ0) is 14.9. The summed E-state index contributed by atoms with van der Waals surface area (Å²) >= 11 is 0. The minimum atomic E-state index is -0.794. The molecule has 7 nitrogen and oxygen atoms in total. The van der Waals surface area contributed by atoms with Gasteiger partial charge >= 0.3 is 0 Å². The lowest BCUT2D eigenvalue weighted by Crippen LogP contribution is -2.02. The monoisotopic (exact) mass is 275 g/mol. The van der Waals surface area contributed by atoms with Crippen LogP contribution >= 0.6 is 0 Å². The summed E-state index contributed by atoms with van der Waals surface area (Å²) in [6.45, 7) is 0. The summed E-state index contributed by atoms with van der Waals surface area (Å²) in [6, 6.07) is 7.00. The number of non-ortho nitro benzene ring substituents is 1. The molecule has 2 aromatic carbocycles. The third-order valence-electron chi connectivity index (χ3n) is 2.71. The normalized spacial score (nSPS) is 10.2. The number of carbonyl (C=O) groups is 1. The Morgan fingerprint density at radius 3 is 2.10 bits per heavy atom. The van der Waals surface area contributed by atoms with Crippen LogP contribution < -0.4 is 0 Å². The summed E-state index contributed by atoms with van der Waals surface area (Å²) in [6.07, 6.45) is 0. The molecule has 0 saturated carbocycles. The molecule has 0 aliphatic rings. The number of nitro benzene ring substituents is 1. The van der Waals surface area contributed by atoms with Gasteiger partial charge in [-0.3, -0.25) is 14.9 Å². The fraction of sp³-hybridized carbons (Fsp3) is 0. The predicted molar refractivity (Wildman–Crippen MR) is 68.0 cm³/mol. The molecule has 3 N–H and O–H groups in total. The summed E-state index contributed by atoms with van der Waals surface area (Å²) < 4.78 is 0. The standard InChI is InChI=1S/C13H9NO6/c15-10-6-5-9(12(17)13(10)18)11(16)7-1-3-8(4-2-7)14(19)20/h1-6,15,17-18H. The quantitative estimate of drug-likeness (QED) is 0.340. The lowest BCUT2D eigenvalue weighted by molar-refractivity contribution is -0.384. The van der Waals surface area contributed by atoms with Gasteiger partial charge in [-0.25, -0.2) is 0 Å². The Bertz CT molecular complexity index is 693. The molecule has 0 radical (unpaired) electrons. The van der Waals surface area contributed by atoms with Gasteiger partial charge in [-0.1, -0.05) is 0 Å². The Labute approximate surface area is 112 Å². The zero-order valence-electron chi connectivity index (χ0n) is 9.98. The number of phenols is 3. The van der Waals surface area contributed by atoms with Gasteiger partial charge in [-0.15, -0.1) is 0 Å². The van der Waals surface area contributed by atoms with Crippen LogP contribution in [0.2, 0.25) is 0 Å². The second-order valence-electron chi connectivity index (χ2n) is 3.96. The Morgan fingerprint density at radius 2 is 1.55 bits per heavy atom. The fourth-order valence-electron chi connectivity index (χ4n) is 1.64. The molecule has 2 aromatic rings. The van der Waals surface area contributed by atoms with Crippen LogP contribution in [0.4, 0.5) is 5.69 Å². The first-order valence-electron chi connectivity index (χ1n) is 5.45. The molecule has 0 heterocycles. The van der Waals surface area contributed by atoms with Crippen molar-refractivity contribution in [3.05, 3.63) is 57.6 Å². The number of nitrogens with zero attached hydrogens (tertiary/aromatic N) is 1. The van der Waals surface area contributed by atoms with Crippen LogP contribution in [-0.4, -0.2) is 26.0 Å². The average molecular weight is 275 g/mol. The predicted octanol–water partition coefficient (Wildman–Crippen LogP) is 1.94. The minimum absolute atomic E-state index is 0.107. The molecule has 0 aliphatic carbocycles. The van der Waals surface area contributed by atoms with E-state index in [1.165, 1.54) is 12.1 Å². The lowest BCUT2D eigenvalue weighted by Gasteiger charge is -2.06. The van der Waals surface area contributed by atoms with Gasteiger partial charge in [0.25, 0.3) is 5.69 Å². The third kappa shape index (κ3) is 2.24. The van der Waals surface area contributed by atoms with Crippen LogP contribution in [-0.2, 0) is 0 Å². The number of rotatable bonds is 3. The first kappa shape index (κ1) is 13.3. The maximum atomic E-state index is 12.1. The van der Waals surface area contributed by atoms with Crippen molar-refractivity contribution in [2.75, 3.05) is 0 Å². The van der Waals surface area contributed by atoms with Crippen molar-refractivity contribution in [3.8, 4) is 17.2 Å². The van der Waals surface area contributed by atoms with E-state index in [1.54, 1.807) is 0 Å². The molecule has 0 saturated heterocycles. The van der Waals surface area contributed by atoms with Gasteiger partial charge in [-0.2, -0.15) is 0 Å². The van der Waals surface area contributed by atoms with Crippen LogP contribution in [0.15, 0.2) is 36.4 Å². The molecule has 0 aliphatic heterocycles. The number of nitro groups is 1. The highest BCUT2D eigenvalue weighted by molar-refractivity contribution is 6.11. The van der Waals surface area contributed by atoms with E-state index in [0.717, 1.165) is 24.3 Å². The van der Waals surface area contributed by atoms with Gasteiger partial charge in [0, 0.05) is 17.7 Å². The average Bonchev–Trinajstić information content (AvgIpc) is 2.44. The number of aromatic hydroxyl groups is 3. The SMILES string of the molecule is O=C(c1ccc([N+](=O)[O-])cc1)c1ccc(O)c(O)c1O. The second-order valence-corrected chi connectivity index (χ2v) is 3.96. The van der Waals surface area contributed by atoms with E-state index in [-0.39, 0.29) is 16.8 Å². The summed E-state index contributed by atoms with van der Waals surface area (Å²) in [5, 5.41) is 38.7. The molecule has 102 valence electrons. The van der Waals surface area contributed by atoms with E-state index in [1.807, 2.05) is 0 Å². The summed E-state index contributed by atoms with van der Waals surface area (Å²) in [7, 11) is 0. The highest BCUT2D eigenvalue weighted by atomic mass is 16.6. The molecule has 0 fully saturated rings. The second kappa shape index (κ2) is 4.88. The van der Waals surface area contributed by atoms with E-state index in [0.29, 0.717) is 0 Å². The molecule has 0 aromatic heterocycles. The van der Waals surface area contributed by atoms with Gasteiger partial charge in [0.1, 0.15) is 0 Å². The molecule has 0 spiro atoms. The van der Waals surface area contributed by atoms with E-state index >= 15 is 0 Å². The number of carbonyl (C=O) groups excluding carboxylic acids is 1. The zero-order valence-corrected chi connectivity index (χ0v) is 9.98. The Morgan fingerprint density at radius 1 is 0.950 bits per heavy atom. The molecule has 0 atom stereocenters. The van der Waals surface area contributed by atoms with Crippen molar-refractivity contribution in [2.45, 2.75) is 0 Å². The van der Waals surface area contributed by atoms with Gasteiger partial charge in [0.15, 0.2) is 17.3 Å². The van der Waals surface area contributed by atoms with E-state index < -0.39 is 28.0 Å². The largest absolute Gasteiger partial charge is 0.504 e. The highest BCUT2D eigenvalue weighted by Gasteiger charge is 2.19. The third-order valence-corrected chi connectivity index (χ3v) is 2.71. The summed E-state index contributed by atoms with van der Waals surface area (Å²) in [5.41, 5.74) is -0.274. The lowest BCUT2D eigenvalue weighted by atomic mass is 10.0. The van der Waals surface area contributed by atoms with Crippen LogP contribution in [0.1, 0.15) is 15.9 Å². The van der Waals surface area contributed by atoms with Crippen molar-refractivity contribution in [1.29, 1.82) is 0 Å². The van der Waals surface area contributed by atoms with Crippen molar-refractivity contribution < 1.29 is 25.0 Å². The Balaban J connectivity index is 2.41. The summed E-state index contributed by atoms with van der Waals surface area (Å²) in [5.74, 6) is -2.72. The van der Waals surface area contributed by atoms with Crippen molar-refractivity contribution in [1.82, 2.24) is 0 Å². The smallest absolute Gasteiger partial charge is 0.269 e. The van der Waals surface area contributed by atoms with E-state index in [4.69, 9.17) is 0 Å².